The smallest absolute Gasteiger partial charge is 0.412 e. The van der Waals surface area contributed by atoms with Gasteiger partial charge in [-0.1, -0.05) is 30.3 Å². The van der Waals surface area contributed by atoms with Gasteiger partial charge in [-0.3, -0.25) is 4.90 Å². The molecule has 7 nitrogen and oxygen atoms in total. The van der Waals surface area contributed by atoms with E-state index in [4.69, 9.17) is 9.72 Å². The lowest BCUT2D eigenvalue weighted by molar-refractivity contribution is -0.139. The first kappa shape index (κ1) is 22.6. The summed E-state index contributed by atoms with van der Waals surface area (Å²) >= 11 is 0. The lowest BCUT2D eigenvalue weighted by Crippen LogP contribution is -2.51. The van der Waals surface area contributed by atoms with Gasteiger partial charge in [-0.2, -0.15) is 0 Å². The number of amides is 1. The Kier molecular flexibility index (Phi) is 5.77. The monoisotopic (exact) mass is 474 g/mol. The minimum Gasteiger partial charge on any atom is -0.465 e. The zero-order valence-corrected chi connectivity index (χ0v) is 20.4. The number of nitrogens with zero attached hydrogens (tertiary/aromatic N) is 4. The van der Waals surface area contributed by atoms with E-state index in [0.29, 0.717) is 5.41 Å². The highest BCUT2D eigenvalue weighted by Gasteiger charge is 2.41. The minimum atomic E-state index is -0.888. The number of aromatic nitrogens is 2. The Hall–Kier alpha value is -2.90. The number of fused-ring (bicyclic) bond motifs is 3. The van der Waals surface area contributed by atoms with Crippen LogP contribution in [-0.4, -0.2) is 64.5 Å². The molecule has 6 rings (SSSR count). The minimum absolute atomic E-state index is 0.0215. The van der Waals surface area contributed by atoms with E-state index in [0.717, 1.165) is 86.8 Å². The van der Waals surface area contributed by atoms with E-state index >= 15 is 0 Å². The van der Waals surface area contributed by atoms with Crippen LogP contribution in [0, 0.1) is 5.41 Å². The van der Waals surface area contributed by atoms with E-state index in [1.54, 1.807) is 0 Å². The van der Waals surface area contributed by atoms with Crippen LogP contribution in [0.2, 0.25) is 0 Å². The number of imidazole rings is 1. The average Bonchev–Trinajstić information content (AvgIpc) is 3.19. The second-order valence-electron chi connectivity index (χ2n) is 10.6. The maximum atomic E-state index is 12.0. The van der Waals surface area contributed by atoms with Crippen molar-refractivity contribution in [3.63, 3.8) is 0 Å². The molecule has 4 heterocycles. The van der Waals surface area contributed by atoms with Gasteiger partial charge < -0.3 is 19.3 Å². The predicted molar refractivity (Wildman–Crippen MR) is 136 cm³/mol. The van der Waals surface area contributed by atoms with Gasteiger partial charge >= 0.3 is 6.09 Å². The third-order valence-corrected chi connectivity index (χ3v) is 8.38. The Morgan fingerprint density at radius 1 is 1.11 bits per heavy atom. The fourth-order valence-electron chi connectivity index (χ4n) is 6.10. The fourth-order valence-corrected chi connectivity index (χ4v) is 6.10. The van der Waals surface area contributed by atoms with Crippen LogP contribution in [0.25, 0.3) is 11.0 Å². The van der Waals surface area contributed by atoms with Crippen molar-refractivity contribution in [2.24, 2.45) is 5.41 Å². The van der Waals surface area contributed by atoms with Crippen LogP contribution >= 0.6 is 0 Å². The molecule has 0 saturated carbocycles. The van der Waals surface area contributed by atoms with Gasteiger partial charge in [0.05, 0.1) is 29.9 Å². The molecule has 2 fully saturated rings. The zero-order valence-electron chi connectivity index (χ0n) is 20.4. The van der Waals surface area contributed by atoms with E-state index in [1.807, 2.05) is 19.1 Å². The van der Waals surface area contributed by atoms with Crippen LogP contribution in [0.3, 0.4) is 0 Å². The molecule has 3 aliphatic rings. The van der Waals surface area contributed by atoms with Crippen LogP contribution in [0.5, 0.6) is 0 Å². The third-order valence-electron chi connectivity index (χ3n) is 8.38. The second kappa shape index (κ2) is 8.95. The maximum Gasteiger partial charge on any atom is 0.412 e. The number of anilines is 1. The van der Waals surface area contributed by atoms with Gasteiger partial charge in [-0.05, 0) is 63.4 Å². The molecule has 0 bridgehead atoms. The van der Waals surface area contributed by atoms with Gasteiger partial charge in [0.15, 0.2) is 0 Å². The Bertz CT molecular complexity index is 1220. The highest BCUT2D eigenvalue weighted by Crippen LogP contribution is 2.39. The van der Waals surface area contributed by atoms with E-state index < -0.39 is 6.09 Å². The Morgan fingerprint density at radius 3 is 2.57 bits per heavy atom. The van der Waals surface area contributed by atoms with E-state index in [9.17, 15) is 9.90 Å². The molecule has 35 heavy (non-hydrogen) atoms. The molecular weight excluding hydrogens is 440 g/mol. The van der Waals surface area contributed by atoms with Crippen molar-refractivity contribution in [1.82, 2.24) is 14.5 Å². The van der Waals surface area contributed by atoms with Crippen LogP contribution in [0.4, 0.5) is 10.5 Å². The molecule has 0 unspecified atom stereocenters. The molecule has 3 aromatic rings. The number of hydrogen-bond donors (Lipinski definition) is 1. The van der Waals surface area contributed by atoms with Crippen LogP contribution in [0.15, 0.2) is 42.5 Å². The average molecular weight is 475 g/mol. The van der Waals surface area contributed by atoms with Gasteiger partial charge in [-0.15, -0.1) is 0 Å². The molecule has 1 aromatic heterocycles. The summed E-state index contributed by atoms with van der Waals surface area (Å²) in [6, 6.07) is 14.5. The summed E-state index contributed by atoms with van der Waals surface area (Å²) in [5, 5.41) is 9.86. The molecule has 0 aliphatic carbocycles. The normalized spacial score (nSPS) is 21.7. The molecule has 7 heteroatoms. The fraction of sp³-hybridized carbons (Fsp3) is 0.500. The summed E-state index contributed by atoms with van der Waals surface area (Å²) in [7, 11) is 0. The largest absolute Gasteiger partial charge is 0.465 e. The molecule has 0 radical (unpaired) electrons. The summed E-state index contributed by atoms with van der Waals surface area (Å²) in [6.07, 6.45) is 4.01. The highest BCUT2D eigenvalue weighted by atomic mass is 16.5. The van der Waals surface area contributed by atoms with Crippen molar-refractivity contribution in [3.8, 4) is 0 Å². The number of carboxylic acid groups (broad SMARTS) is 1. The van der Waals surface area contributed by atoms with Crippen molar-refractivity contribution in [2.45, 2.75) is 51.6 Å². The van der Waals surface area contributed by atoms with E-state index in [1.165, 1.54) is 23.3 Å². The quantitative estimate of drug-likeness (QED) is 0.587. The van der Waals surface area contributed by atoms with Gasteiger partial charge in [0.2, 0.25) is 0 Å². The topological polar surface area (TPSA) is 70.8 Å². The molecule has 1 spiro atoms. The van der Waals surface area contributed by atoms with Crippen molar-refractivity contribution >= 4 is 22.8 Å². The first-order chi connectivity index (χ1) is 17.0. The van der Waals surface area contributed by atoms with Crippen LogP contribution < -0.4 is 4.90 Å². The lowest BCUT2D eigenvalue weighted by Gasteiger charge is -2.47. The van der Waals surface area contributed by atoms with Crippen LogP contribution in [-0.2, 0) is 24.1 Å². The Labute approximate surface area is 206 Å². The number of carbonyl (C=O) groups is 1. The Morgan fingerprint density at radius 2 is 1.89 bits per heavy atom. The number of aryl methyl sites for hydroxylation is 1. The second-order valence-corrected chi connectivity index (χ2v) is 10.6. The first-order valence-corrected chi connectivity index (χ1v) is 12.9. The molecular formula is C28H34N4O3. The summed E-state index contributed by atoms with van der Waals surface area (Å²) in [6.45, 7) is 8.01. The van der Waals surface area contributed by atoms with Gasteiger partial charge in [0, 0.05) is 36.5 Å². The van der Waals surface area contributed by atoms with E-state index in [2.05, 4.69) is 39.8 Å². The Balaban J connectivity index is 1.32. The predicted octanol–water partition coefficient (Wildman–Crippen LogP) is 4.56. The summed E-state index contributed by atoms with van der Waals surface area (Å²) < 4.78 is 7.87. The standard InChI is InChI=1S/C28H34N4O3/c1-20-7-8-22-23(32(20)27(33)34)9-10-24-26(22)29-25(17-21-5-3-2-4-6-21)31(24)16-15-30-13-11-28(12-14-30)18-35-19-28/h2-6,9-10,20H,7-8,11-19H2,1H3,(H,33,34)/t20-/m0/s1. The van der Waals surface area contributed by atoms with Crippen molar-refractivity contribution in [1.29, 1.82) is 0 Å². The molecule has 1 N–H and O–H groups in total. The van der Waals surface area contributed by atoms with Crippen molar-refractivity contribution in [2.75, 3.05) is 37.7 Å². The van der Waals surface area contributed by atoms with Gasteiger partial charge in [0.25, 0.3) is 0 Å². The SMILES string of the molecule is C[C@H]1CCc2c(ccc3c2nc(Cc2ccccc2)n3CCN2CCC3(CC2)COC3)N1C(=O)O. The number of likely N-dealkylation sites (tertiary alicyclic amines) is 1. The molecule has 2 aromatic carbocycles. The summed E-state index contributed by atoms with van der Waals surface area (Å²) in [4.78, 5) is 21.3. The molecule has 1 amide bonds. The van der Waals surface area contributed by atoms with E-state index in [-0.39, 0.29) is 6.04 Å². The van der Waals surface area contributed by atoms with Crippen molar-refractivity contribution < 1.29 is 14.6 Å². The number of rotatable bonds is 5. The summed E-state index contributed by atoms with van der Waals surface area (Å²) in [5.74, 6) is 1.06. The lowest BCUT2D eigenvalue weighted by atomic mass is 9.77. The number of benzene rings is 2. The molecule has 1 atom stereocenters. The molecule has 3 aliphatic heterocycles. The third kappa shape index (κ3) is 4.10. The van der Waals surface area contributed by atoms with Gasteiger partial charge in [-0.25, -0.2) is 9.78 Å². The first-order valence-electron chi connectivity index (χ1n) is 12.9. The number of hydrogen-bond acceptors (Lipinski definition) is 4. The summed E-state index contributed by atoms with van der Waals surface area (Å²) in [5.41, 5.74) is 5.64. The van der Waals surface area contributed by atoms with Crippen molar-refractivity contribution in [3.05, 3.63) is 59.4 Å². The van der Waals surface area contributed by atoms with Gasteiger partial charge in [0.1, 0.15) is 5.82 Å². The maximum absolute atomic E-state index is 12.0. The highest BCUT2D eigenvalue weighted by molar-refractivity contribution is 5.94. The zero-order chi connectivity index (χ0) is 24.0. The number of piperidine rings is 1. The van der Waals surface area contributed by atoms with Crippen LogP contribution in [0.1, 0.15) is 43.1 Å². The number of ether oxygens (including phenoxy) is 1. The molecule has 2 saturated heterocycles. The molecule has 184 valence electrons.